The molecule has 2 aromatic rings. The van der Waals surface area contributed by atoms with E-state index in [-0.39, 0.29) is 30.5 Å². The van der Waals surface area contributed by atoms with Gasteiger partial charge in [-0.1, -0.05) is 42.5 Å². The van der Waals surface area contributed by atoms with Gasteiger partial charge in [-0.05, 0) is 30.2 Å². The van der Waals surface area contributed by atoms with Gasteiger partial charge < -0.3 is 9.64 Å². The van der Waals surface area contributed by atoms with Gasteiger partial charge in [-0.3, -0.25) is 4.79 Å². The molecule has 0 bridgehead atoms. The summed E-state index contributed by atoms with van der Waals surface area (Å²) in [6.45, 7) is 2.46. The predicted octanol–water partition coefficient (Wildman–Crippen LogP) is 3.49. The van der Waals surface area contributed by atoms with E-state index in [1.807, 2.05) is 43.3 Å². The Morgan fingerprint density at radius 1 is 1.18 bits per heavy atom. The van der Waals surface area contributed by atoms with E-state index >= 15 is 0 Å². The van der Waals surface area contributed by atoms with E-state index in [2.05, 4.69) is 0 Å². The Hall–Kier alpha value is -2.20. The smallest absolute Gasteiger partial charge is 0.249 e. The summed E-state index contributed by atoms with van der Waals surface area (Å²) in [4.78, 5) is 14.0. The van der Waals surface area contributed by atoms with Crippen molar-refractivity contribution in [3.8, 4) is 0 Å². The predicted molar refractivity (Wildman–Crippen MR) is 81.7 cm³/mol. The molecule has 22 heavy (non-hydrogen) atoms. The van der Waals surface area contributed by atoms with E-state index in [0.29, 0.717) is 6.54 Å². The fraction of sp³-hybridized carbons (Fsp3) is 0.278. The summed E-state index contributed by atoms with van der Waals surface area (Å²) in [5, 5.41) is 0. The van der Waals surface area contributed by atoms with Crippen molar-refractivity contribution in [3.63, 3.8) is 0 Å². The molecular formula is C18H18FNO2. The first-order valence-corrected chi connectivity index (χ1v) is 7.36. The lowest BCUT2D eigenvalue weighted by Crippen LogP contribution is -2.44. The second-order valence-corrected chi connectivity index (χ2v) is 5.49. The first-order valence-electron chi connectivity index (χ1n) is 7.36. The normalized spacial score (nSPS) is 20.0. The van der Waals surface area contributed by atoms with Crippen molar-refractivity contribution >= 4 is 5.91 Å². The average Bonchev–Trinajstić information content (AvgIpc) is 2.55. The van der Waals surface area contributed by atoms with Crippen LogP contribution in [-0.4, -0.2) is 24.0 Å². The van der Waals surface area contributed by atoms with Gasteiger partial charge in [-0.15, -0.1) is 0 Å². The first kappa shape index (κ1) is 14.7. The van der Waals surface area contributed by atoms with Crippen molar-refractivity contribution in [3.05, 3.63) is 71.5 Å². The lowest BCUT2D eigenvalue weighted by molar-refractivity contribution is -0.152. The SMILES string of the molecule is C[C@H](c1ccccc1)N1C[C@@H](c2cccc(F)c2)OCC1=O. The molecule has 3 nitrogen and oxygen atoms in total. The summed E-state index contributed by atoms with van der Waals surface area (Å²) in [7, 11) is 0. The fourth-order valence-corrected chi connectivity index (χ4v) is 2.78. The molecule has 1 fully saturated rings. The topological polar surface area (TPSA) is 29.5 Å². The first-order chi connectivity index (χ1) is 10.6. The maximum absolute atomic E-state index is 13.4. The van der Waals surface area contributed by atoms with Gasteiger partial charge in [0.1, 0.15) is 18.5 Å². The third-order valence-electron chi connectivity index (χ3n) is 4.06. The molecule has 0 spiro atoms. The number of amides is 1. The number of carbonyl (C=O) groups excluding carboxylic acids is 1. The molecule has 0 unspecified atom stereocenters. The summed E-state index contributed by atoms with van der Waals surface area (Å²) in [5.41, 5.74) is 1.84. The highest BCUT2D eigenvalue weighted by Crippen LogP contribution is 2.29. The summed E-state index contributed by atoms with van der Waals surface area (Å²) < 4.78 is 19.0. The Balaban J connectivity index is 1.81. The van der Waals surface area contributed by atoms with Crippen LogP contribution < -0.4 is 0 Å². The maximum atomic E-state index is 13.4. The Labute approximate surface area is 129 Å². The quantitative estimate of drug-likeness (QED) is 0.868. The van der Waals surface area contributed by atoms with E-state index in [1.165, 1.54) is 12.1 Å². The Morgan fingerprint density at radius 3 is 2.68 bits per heavy atom. The molecule has 2 aromatic carbocycles. The Kier molecular flexibility index (Phi) is 4.20. The van der Waals surface area contributed by atoms with Gasteiger partial charge in [0.25, 0.3) is 0 Å². The van der Waals surface area contributed by atoms with E-state index in [9.17, 15) is 9.18 Å². The van der Waals surface area contributed by atoms with Gasteiger partial charge in [0, 0.05) is 0 Å². The highest BCUT2D eigenvalue weighted by Gasteiger charge is 2.31. The van der Waals surface area contributed by atoms with Crippen LogP contribution in [0, 0.1) is 5.82 Å². The number of carbonyl (C=O) groups is 1. The number of benzene rings is 2. The molecule has 3 rings (SSSR count). The van der Waals surface area contributed by atoms with Crippen molar-refractivity contribution in [1.29, 1.82) is 0 Å². The van der Waals surface area contributed by atoms with Crippen LogP contribution in [0.3, 0.4) is 0 Å². The molecule has 1 aliphatic heterocycles. The van der Waals surface area contributed by atoms with Gasteiger partial charge in [-0.2, -0.15) is 0 Å². The number of halogens is 1. The van der Waals surface area contributed by atoms with E-state index in [4.69, 9.17) is 4.74 Å². The highest BCUT2D eigenvalue weighted by atomic mass is 19.1. The van der Waals surface area contributed by atoms with E-state index in [1.54, 1.807) is 11.0 Å². The maximum Gasteiger partial charge on any atom is 0.249 e. The summed E-state index contributed by atoms with van der Waals surface area (Å²) in [5.74, 6) is -0.329. The minimum absolute atomic E-state index is 0.0261. The number of hydrogen-bond acceptors (Lipinski definition) is 2. The molecular weight excluding hydrogens is 281 g/mol. The van der Waals surface area contributed by atoms with Crippen LogP contribution in [-0.2, 0) is 9.53 Å². The zero-order chi connectivity index (χ0) is 15.5. The van der Waals surface area contributed by atoms with Gasteiger partial charge in [-0.25, -0.2) is 4.39 Å². The fourth-order valence-electron chi connectivity index (χ4n) is 2.78. The van der Waals surface area contributed by atoms with E-state index in [0.717, 1.165) is 11.1 Å². The molecule has 0 aromatic heterocycles. The lowest BCUT2D eigenvalue weighted by atomic mass is 10.0. The monoisotopic (exact) mass is 299 g/mol. The third-order valence-corrected chi connectivity index (χ3v) is 4.06. The molecule has 0 radical (unpaired) electrons. The number of ether oxygens (including phenoxy) is 1. The molecule has 1 saturated heterocycles. The second-order valence-electron chi connectivity index (χ2n) is 5.49. The van der Waals surface area contributed by atoms with Gasteiger partial charge in [0.2, 0.25) is 5.91 Å². The van der Waals surface area contributed by atoms with Crippen molar-refractivity contribution in [2.75, 3.05) is 13.2 Å². The number of nitrogens with zero attached hydrogens (tertiary/aromatic N) is 1. The van der Waals surface area contributed by atoms with Crippen LogP contribution in [0.4, 0.5) is 4.39 Å². The molecule has 114 valence electrons. The van der Waals surface area contributed by atoms with Gasteiger partial charge >= 0.3 is 0 Å². The average molecular weight is 299 g/mol. The minimum Gasteiger partial charge on any atom is -0.362 e. The molecule has 4 heteroatoms. The van der Waals surface area contributed by atoms with Crippen LogP contribution >= 0.6 is 0 Å². The van der Waals surface area contributed by atoms with Crippen molar-refractivity contribution < 1.29 is 13.9 Å². The van der Waals surface area contributed by atoms with Crippen LogP contribution in [0.5, 0.6) is 0 Å². The zero-order valence-electron chi connectivity index (χ0n) is 12.4. The number of morpholine rings is 1. The molecule has 0 N–H and O–H groups in total. The van der Waals surface area contributed by atoms with E-state index < -0.39 is 0 Å². The second kappa shape index (κ2) is 6.28. The number of hydrogen-bond donors (Lipinski definition) is 0. The summed E-state index contributed by atoms with van der Waals surface area (Å²) in [6, 6.07) is 16.2. The van der Waals surface area contributed by atoms with Crippen molar-refractivity contribution in [1.82, 2.24) is 4.90 Å². The largest absolute Gasteiger partial charge is 0.362 e. The van der Waals surface area contributed by atoms with Crippen molar-refractivity contribution in [2.45, 2.75) is 19.1 Å². The van der Waals surface area contributed by atoms with Gasteiger partial charge in [0.05, 0.1) is 12.6 Å². The molecule has 0 saturated carbocycles. The Morgan fingerprint density at radius 2 is 1.95 bits per heavy atom. The van der Waals surface area contributed by atoms with Crippen LogP contribution in [0.1, 0.15) is 30.2 Å². The standard InChI is InChI=1S/C18H18FNO2/c1-13(14-6-3-2-4-7-14)20-11-17(22-12-18(20)21)15-8-5-9-16(19)10-15/h2-10,13,17H,11-12H2,1H3/t13-,17+/m1/s1. The minimum atomic E-state index is -0.292. The highest BCUT2D eigenvalue weighted by molar-refractivity contribution is 5.78. The number of rotatable bonds is 3. The summed E-state index contributed by atoms with van der Waals surface area (Å²) in [6.07, 6.45) is -0.292. The molecule has 0 aliphatic carbocycles. The van der Waals surface area contributed by atoms with Crippen LogP contribution in [0.15, 0.2) is 54.6 Å². The molecule has 2 atom stereocenters. The molecule has 1 aliphatic rings. The van der Waals surface area contributed by atoms with Crippen LogP contribution in [0.2, 0.25) is 0 Å². The van der Waals surface area contributed by atoms with Crippen LogP contribution in [0.25, 0.3) is 0 Å². The molecule has 1 heterocycles. The lowest BCUT2D eigenvalue weighted by Gasteiger charge is -2.37. The van der Waals surface area contributed by atoms with Gasteiger partial charge in [0.15, 0.2) is 0 Å². The molecule has 1 amide bonds. The summed E-state index contributed by atoms with van der Waals surface area (Å²) >= 11 is 0. The zero-order valence-corrected chi connectivity index (χ0v) is 12.4. The Bertz CT molecular complexity index is 659. The van der Waals surface area contributed by atoms with Crippen molar-refractivity contribution in [2.24, 2.45) is 0 Å². The third kappa shape index (κ3) is 3.02.